The fraction of sp³-hybridized carbons (Fsp3) is 0.333. The Labute approximate surface area is 238 Å². The lowest BCUT2D eigenvalue weighted by Crippen LogP contribution is -2.23. The number of ether oxygens (including phenoxy) is 1. The Morgan fingerprint density at radius 2 is 1.68 bits per heavy atom. The van der Waals surface area contributed by atoms with Crippen molar-refractivity contribution in [1.29, 1.82) is 5.26 Å². The van der Waals surface area contributed by atoms with Crippen molar-refractivity contribution in [2.24, 2.45) is 4.99 Å². The van der Waals surface area contributed by atoms with Gasteiger partial charge in [-0.05, 0) is 81.2 Å². The highest BCUT2D eigenvalue weighted by molar-refractivity contribution is 6.22. The van der Waals surface area contributed by atoms with Crippen LogP contribution in [0.25, 0.3) is 4.85 Å². The first-order valence-corrected chi connectivity index (χ1v) is 13.2. The van der Waals surface area contributed by atoms with Crippen LogP contribution in [0.15, 0.2) is 98.3 Å². The lowest BCUT2D eigenvalue weighted by Gasteiger charge is -2.27. The zero-order valence-electron chi connectivity index (χ0n) is 24.7. The summed E-state index contributed by atoms with van der Waals surface area (Å²) >= 11 is 0. The number of nitriles is 1. The molecule has 4 rings (SSSR count). The third-order valence-corrected chi connectivity index (χ3v) is 7.06. The molecule has 7 nitrogen and oxygen atoms in total. The van der Waals surface area contributed by atoms with Gasteiger partial charge in [0, 0.05) is 63.6 Å². The van der Waals surface area contributed by atoms with Crippen LogP contribution in [-0.4, -0.2) is 44.7 Å². The molecule has 0 aromatic heterocycles. The lowest BCUT2D eigenvalue weighted by atomic mass is 9.85. The van der Waals surface area contributed by atoms with Gasteiger partial charge in [0.15, 0.2) is 0 Å². The number of carbonyl (C=O) groups excluding carboxylic acids is 1. The minimum atomic E-state index is -0.106. The van der Waals surface area contributed by atoms with Crippen LogP contribution >= 0.6 is 0 Å². The van der Waals surface area contributed by atoms with Gasteiger partial charge in [0.05, 0.1) is 24.1 Å². The summed E-state index contributed by atoms with van der Waals surface area (Å²) in [5, 5.41) is 9.00. The molecule has 1 amide bonds. The number of benzene rings is 1. The Morgan fingerprint density at radius 1 is 1.00 bits per heavy atom. The van der Waals surface area contributed by atoms with Gasteiger partial charge in [-0.1, -0.05) is 17.7 Å². The average molecular weight is 536 g/mol. The molecule has 0 unspecified atom stereocenters. The SMILES string of the molecule is CC1=C2C(=NC(=O)C(C)=C2C)C=C(N(C)C)C1.[C-]#[N+]/C(C#N)=C1\C=C(C)OC(CCc2ccc(N(C)C)cc2)=C1. The standard InChI is InChI=1S/C19H19N3O.C14H18N2O/c1-14-11-16(19(13-20)21-2)12-18(23-14)10-7-15-5-8-17(9-6-15)22(3)4;1-8-6-11(16(4)5)7-12-13(8)9(2)10(3)14(17)15-12/h5-6,8-9,11-12H,7,10H2,1,3-4H3;7H,6H2,1-5H3/b19-16+;. The number of allylic oxidation sites excluding steroid dienone is 10. The summed E-state index contributed by atoms with van der Waals surface area (Å²) in [7, 11) is 8.07. The highest BCUT2D eigenvalue weighted by Gasteiger charge is 2.26. The van der Waals surface area contributed by atoms with Gasteiger partial charge in [-0.3, -0.25) is 4.79 Å². The Balaban J connectivity index is 0.000000230. The fourth-order valence-corrected chi connectivity index (χ4v) is 4.63. The molecule has 0 spiro atoms. The van der Waals surface area contributed by atoms with Crippen molar-refractivity contribution in [1.82, 2.24) is 4.90 Å². The van der Waals surface area contributed by atoms with Gasteiger partial charge >= 0.3 is 0 Å². The smallest absolute Gasteiger partial charge is 0.273 e. The molecule has 2 heterocycles. The monoisotopic (exact) mass is 535 g/mol. The first-order valence-electron chi connectivity index (χ1n) is 13.2. The van der Waals surface area contributed by atoms with Crippen molar-refractivity contribution in [3.05, 3.63) is 110 Å². The van der Waals surface area contributed by atoms with E-state index >= 15 is 0 Å². The quantitative estimate of drug-likeness (QED) is 0.311. The number of fused-ring (bicyclic) bond motifs is 1. The molecule has 1 aromatic rings. The van der Waals surface area contributed by atoms with E-state index in [1.807, 2.05) is 61.1 Å². The van der Waals surface area contributed by atoms with Gasteiger partial charge in [0.1, 0.15) is 5.76 Å². The molecule has 1 aromatic carbocycles. The molecule has 0 fully saturated rings. The highest BCUT2D eigenvalue weighted by atomic mass is 16.5. The van der Waals surface area contributed by atoms with Crippen molar-refractivity contribution in [2.45, 2.75) is 47.0 Å². The van der Waals surface area contributed by atoms with Crippen LogP contribution in [0.4, 0.5) is 5.69 Å². The molecular weight excluding hydrogens is 498 g/mol. The number of hydrogen-bond donors (Lipinski definition) is 0. The normalized spacial score (nSPS) is 17.5. The number of dihydropyridines is 1. The van der Waals surface area contributed by atoms with Gasteiger partial charge in [-0.15, -0.1) is 0 Å². The fourth-order valence-electron chi connectivity index (χ4n) is 4.63. The van der Waals surface area contributed by atoms with Crippen molar-refractivity contribution in [3.63, 3.8) is 0 Å². The minimum Gasteiger partial charge on any atom is -0.466 e. The number of aryl methyl sites for hydroxylation is 1. The second kappa shape index (κ2) is 13.0. The van der Waals surface area contributed by atoms with Crippen LogP contribution in [0.5, 0.6) is 0 Å². The van der Waals surface area contributed by atoms with Crippen LogP contribution in [0.1, 0.15) is 46.1 Å². The Morgan fingerprint density at radius 3 is 2.25 bits per heavy atom. The summed E-state index contributed by atoms with van der Waals surface area (Å²) in [4.78, 5) is 23.3. The van der Waals surface area contributed by atoms with E-state index in [2.05, 4.69) is 50.8 Å². The number of rotatable bonds is 5. The molecule has 0 atom stereocenters. The molecule has 206 valence electrons. The molecule has 0 radical (unpaired) electrons. The molecular formula is C33H37N5O2. The van der Waals surface area contributed by atoms with E-state index in [0.717, 1.165) is 47.5 Å². The second-order valence-corrected chi connectivity index (χ2v) is 10.5. The van der Waals surface area contributed by atoms with Gasteiger partial charge in [0.2, 0.25) is 0 Å². The summed E-state index contributed by atoms with van der Waals surface area (Å²) in [5.41, 5.74) is 9.44. The summed E-state index contributed by atoms with van der Waals surface area (Å²) in [5.74, 6) is 1.38. The topological polar surface area (TPSA) is 73.3 Å². The Hall–Kier alpha value is -4.62. The van der Waals surface area contributed by atoms with Crippen LogP contribution in [0, 0.1) is 17.9 Å². The van der Waals surface area contributed by atoms with Gasteiger partial charge in [-0.2, -0.15) is 0 Å². The first-order chi connectivity index (χ1) is 18.9. The predicted molar refractivity (Wildman–Crippen MR) is 161 cm³/mol. The number of hydrogen-bond acceptors (Lipinski definition) is 5. The predicted octanol–water partition coefficient (Wildman–Crippen LogP) is 6.67. The molecule has 2 aliphatic heterocycles. The van der Waals surface area contributed by atoms with Crippen LogP contribution in [-0.2, 0) is 16.0 Å². The Kier molecular flexibility index (Phi) is 9.69. The maximum atomic E-state index is 11.7. The summed E-state index contributed by atoms with van der Waals surface area (Å²) in [6.45, 7) is 14.9. The molecule has 1 aliphatic carbocycles. The number of carbonyl (C=O) groups is 1. The van der Waals surface area contributed by atoms with Crippen LogP contribution in [0.3, 0.4) is 0 Å². The van der Waals surface area contributed by atoms with E-state index in [1.54, 1.807) is 12.2 Å². The van der Waals surface area contributed by atoms with E-state index < -0.39 is 0 Å². The summed E-state index contributed by atoms with van der Waals surface area (Å²) < 4.78 is 5.71. The average Bonchev–Trinajstić information content (AvgIpc) is 2.91. The van der Waals surface area contributed by atoms with E-state index in [1.165, 1.54) is 22.5 Å². The summed E-state index contributed by atoms with van der Waals surface area (Å²) in [6, 6.07) is 10.3. The second-order valence-electron chi connectivity index (χ2n) is 10.5. The summed E-state index contributed by atoms with van der Waals surface area (Å²) in [6.07, 6.45) is 8.05. The van der Waals surface area contributed by atoms with Gasteiger partial charge in [-0.25, -0.2) is 15.1 Å². The van der Waals surface area contributed by atoms with Crippen molar-refractivity contribution in [3.8, 4) is 6.07 Å². The minimum absolute atomic E-state index is 0.0977. The van der Waals surface area contributed by atoms with E-state index in [9.17, 15) is 4.79 Å². The molecule has 0 saturated carbocycles. The maximum absolute atomic E-state index is 11.7. The van der Waals surface area contributed by atoms with E-state index in [0.29, 0.717) is 11.3 Å². The van der Waals surface area contributed by atoms with Crippen molar-refractivity contribution in [2.75, 3.05) is 33.1 Å². The van der Waals surface area contributed by atoms with Gasteiger partial charge < -0.3 is 14.5 Å². The van der Waals surface area contributed by atoms with Crippen LogP contribution in [0.2, 0.25) is 0 Å². The molecule has 0 saturated heterocycles. The number of anilines is 1. The number of amides is 1. The Bertz CT molecular complexity index is 1480. The van der Waals surface area contributed by atoms with E-state index in [-0.39, 0.29) is 11.6 Å². The lowest BCUT2D eigenvalue weighted by molar-refractivity contribution is -0.114. The largest absolute Gasteiger partial charge is 0.466 e. The first kappa shape index (κ1) is 29.9. The van der Waals surface area contributed by atoms with Crippen LogP contribution < -0.4 is 4.90 Å². The number of aliphatic imine (C=N–C) groups is 1. The van der Waals surface area contributed by atoms with E-state index in [4.69, 9.17) is 16.6 Å². The van der Waals surface area contributed by atoms with Crippen molar-refractivity contribution < 1.29 is 9.53 Å². The molecule has 3 aliphatic rings. The zero-order chi connectivity index (χ0) is 29.6. The molecule has 7 heteroatoms. The third kappa shape index (κ3) is 7.07. The highest BCUT2D eigenvalue weighted by Crippen LogP contribution is 2.32. The number of nitrogens with zero attached hydrogens (tertiary/aromatic N) is 5. The van der Waals surface area contributed by atoms with Crippen molar-refractivity contribution >= 4 is 17.3 Å². The van der Waals surface area contributed by atoms with Gasteiger partial charge in [0.25, 0.3) is 11.6 Å². The molecule has 0 N–H and O–H groups in total. The third-order valence-electron chi connectivity index (χ3n) is 7.06. The molecule has 40 heavy (non-hydrogen) atoms. The maximum Gasteiger partial charge on any atom is 0.273 e. The zero-order valence-corrected chi connectivity index (χ0v) is 24.7. The molecule has 0 bridgehead atoms.